The fraction of sp³-hybridized carbons (Fsp3) is 0.429. The summed E-state index contributed by atoms with van der Waals surface area (Å²) in [5.74, 6) is 0.561. The zero-order valence-corrected chi connectivity index (χ0v) is 11.8. The monoisotopic (exact) mass is 294 g/mol. The van der Waals surface area contributed by atoms with E-state index in [1.807, 2.05) is 0 Å². The van der Waals surface area contributed by atoms with Crippen molar-refractivity contribution in [3.05, 3.63) is 29.9 Å². The Hall–Kier alpha value is -1.99. The van der Waals surface area contributed by atoms with E-state index in [1.54, 1.807) is 7.11 Å². The van der Waals surface area contributed by atoms with Crippen molar-refractivity contribution in [1.82, 2.24) is 10.2 Å². The van der Waals surface area contributed by atoms with Crippen molar-refractivity contribution in [3.8, 4) is 17.2 Å². The summed E-state index contributed by atoms with van der Waals surface area (Å²) in [6.07, 6.45) is 0.630. The third kappa shape index (κ3) is 2.38. The Labute approximate surface area is 120 Å². The van der Waals surface area contributed by atoms with E-state index in [0.29, 0.717) is 36.8 Å². The summed E-state index contributed by atoms with van der Waals surface area (Å²) in [6, 6.07) is 4.11. The Balaban J connectivity index is 2.00. The van der Waals surface area contributed by atoms with Gasteiger partial charge in [-0.3, -0.25) is 0 Å². The fourth-order valence-corrected chi connectivity index (χ4v) is 2.33. The first-order valence-corrected chi connectivity index (χ1v) is 6.49. The molecule has 0 aliphatic carbocycles. The lowest BCUT2D eigenvalue weighted by molar-refractivity contribution is -0.0407. The van der Waals surface area contributed by atoms with Gasteiger partial charge in [0.15, 0.2) is 5.60 Å². The Kier molecular flexibility index (Phi) is 3.60. The maximum atomic E-state index is 13.4. The van der Waals surface area contributed by atoms with Gasteiger partial charge in [-0.2, -0.15) is 0 Å². The minimum Gasteiger partial charge on any atom is -0.496 e. The van der Waals surface area contributed by atoms with Crippen LogP contribution >= 0.6 is 0 Å². The molecular weight excluding hydrogens is 279 g/mol. The molecule has 0 amide bonds. The fourth-order valence-electron chi connectivity index (χ4n) is 2.33. The van der Waals surface area contributed by atoms with Crippen LogP contribution in [0.15, 0.2) is 22.6 Å². The number of benzene rings is 1. The van der Waals surface area contributed by atoms with Crippen molar-refractivity contribution in [1.29, 1.82) is 0 Å². The molecule has 1 atom stereocenters. The van der Waals surface area contributed by atoms with Crippen LogP contribution in [0.4, 0.5) is 4.39 Å². The van der Waals surface area contributed by atoms with Crippen molar-refractivity contribution in [2.24, 2.45) is 0 Å². The van der Waals surface area contributed by atoms with Gasteiger partial charge in [0.2, 0.25) is 0 Å². The number of nitrogens with zero attached hydrogens (tertiary/aromatic N) is 2. The largest absolute Gasteiger partial charge is 0.496 e. The van der Waals surface area contributed by atoms with Crippen LogP contribution in [-0.2, 0) is 15.1 Å². The molecule has 0 N–H and O–H groups in total. The predicted molar refractivity (Wildman–Crippen MR) is 70.4 cm³/mol. The molecule has 1 aromatic heterocycles. The summed E-state index contributed by atoms with van der Waals surface area (Å²) in [5, 5.41) is 8.00. The maximum absolute atomic E-state index is 13.4. The number of ether oxygens (including phenoxy) is 3. The molecule has 1 saturated heterocycles. The molecule has 112 valence electrons. The van der Waals surface area contributed by atoms with E-state index < -0.39 is 11.4 Å². The lowest BCUT2D eigenvalue weighted by Gasteiger charge is -2.20. The van der Waals surface area contributed by atoms with Gasteiger partial charge in [0.1, 0.15) is 11.6 Å². The van der Waals surface area contributed by atoms with Crippen LogP contribution in [0, 0.1) is 5.82 Å². The van der Waals surface area contributed by atoms with Crippen LogP contribution < -0.4 is 4.74 Å². The Morgan fingerprint density at radius 1 is 1.29 bits per heavy atom. The molecule has 2 aromatic rings. The van der Waals surface area contributed by atoms with Crippen molar-refractivity contribution < 1.29 is 23.0 Å². The molecule has 0 bridgehead atoms. The quantitative estimate of drug-likeness (QED) is 0.860. The lowest BCUT2D eigenvalue weighted by atomic mass is 10.0. The number of methoxy groups -OCH3 is 2. The van der Waals surface area contributed by atoms with Crippen molar-refractivity contribution in [2.75, 3.05) is 27.4 Å². The van der Waals surface area contributed by atoms with E-state index in [2.05, 4.69) is 10.2 Å². The number of rotatable bonds is 4. The van der Waals surface area contributed by atoms with Crippen LogP contribution in [-0.4, -0.2) is 37.6 Å². The van der Waals surface area contributed by atoms with E-state index in [1.165, 1.54) is 25.3 Å². The molecule has 1 aliphatic heterocycles. The highest BCUT2D eigenvalue weighted by molar-refractivity contribution is 5.62. The predicted octanol–water partition coefficient (Wildman–Crippen LogP) is 2.15. The molecule has 21 heavy (non-hydrogen) atoms. The van der Waals surface area contributed by atoms with Gasteiger partial charge in [0.25, 0.3) is 11.8 Å². The third-order valence-corrected chi connectivity index (χ3v) is 3.58. The molecule has 7 heteroatoms. The van der Waals surface area contributed by atoms with E-state index in [4.69, 9.17) is 18.6 Å². The summed E-state index contributed by atoms with van der Waals surface area (Å²) >= 11 is 0. The first-order valence-electron chi connectivity index (χ1n) is 6.49. The minimum absolute atomic E-state index is 0.185. The van der Waals surface area contributed by atoms with Gasteiger partial charge in [0.05, 0.1) is 25.9 Å². The van der Waals surface area contributed by atoms with Gasteiger partial charge in [-0.05, 0) is 18.2 Å². The van der Waals surface area contributed by atoms with Gasteiger partial charge < -0.3 is 18.6 Å². The lowest BCUT2D eigenvalue weighted by Crippen LogP contribution is -2.29. The maximum Gasteiger partial charge on any atom is 0.251 e. The molecule has 1 aliphatic rings. The molecule has 1 unspecified atom stereocenters. The number of hydrogen-bond acceptors (Lipinski definition) is 6. The molecule has 3 rings (SSSR count). The van der Waals surface area contributed by atoms with Crippen LogP contribution in [0.25, 0.3) is 11.5 Å². The molecular formula is C14H15FN2O4. The van der Waals surface area contributed by atoms with Gasteiger partial charge in [-0.15, -0.1) is 10.2 Å². The average Bonchev–Trinajstić information content (AvgIpc) is 3.17. The summed E-state index contributed by atoms with van der Waals surface area (Å²) in [6.45, 7) is 0.917. The van der Waals surface area contributed by atoms with Crippen LogP contribution in [0.5, 0.6) is 5.75 Å². The first-order chi connectivity index (χ1) is 10.2. The Bertz CT molecular complexity index is 638. The van der Waals surface area contributed by atoms with E-state index in [9.17, 15) is 4.39 Å². The Morgan fingerprint density at radius 3 is 2.81 bits per heavy atom. The molecule has 0 radical (unpaired) electrons. The zero-order valence-electron chi connectivity index (χ0n) is 11.8. The normalized spacial score (nSPS) is 21.7. The second-order valence-corrected chi connectivity index (χ2v) is 4.76. The minimum atomic E-state index is -0.730. The SMILES string of the molecule is COc1ccc(F)cc1-c1nnc(C2(OC)CCOC2)o1. The van der Waals surface area contributed by atoms with Crippen molar-refractivity contribution >= 4 is 0 Å². The van der Waals surface area contributed by atoms with Crippen LogP contribution in [0.2, 0.25) is 0 Å². The van der Waals surface area contributed by atoms with E-state index in [-0.39, 0.29) is 5.89 Å². The zero-order chi connectivity index (χ0) is 14.9. The van der Waals surface area contributed by atoms with Crippen molar-refractivity contribution in [3.63, 3.8) is 0 Å². The topological polar surface area (TPSA) is 66.6 Å². The molecule has 0 spiro atoms. The molecule has 2 heterocycles. The molecule has 1 aromatic carbocycles. The second-order valence-electron chi connectivity index (χ2n) is 4.76. The van der Waals surface area contributed by atoms with Gasteiger partial charge >= 0.3 is 0 Å². The highest BCUT2D eigenvalue weighted by Crippen LogP contribution is 2.36. The highest BCUT2D eigenvalue weighted by Gasteiger charge is 2.42. The van der Waals surface area contributed by atoms with Gasteiger partial charge in [-0.25, -0.2) is 4.39 Å². The van der Waals surface area contributed by atoms with Gasteiger partial charge in [-0.1, -0.05) is 0 Å². The molecule has 0 saturated carbocycles. The smallest absolute Gasteiger partial charge is 0.251 e. The van der Waals surface area contributed by atoms with E-state index in [0.717, 1.165) is 0 Å². The molecule has 1 fully saturated rings. The summed E-state index contributed by atoms with van der Waals surface area (Å²) in [4.78, 5) is 0. The highest BCUT2D eigenvalue weighted by atomic mass is 19.1. The summed E-state index contributed by atoms with van der Waals surface area (Å²) < 4.78 is 35.1. The second kappa shape index (κ2) is 5.42. The van der Waals surface area contributed by atoms with Crippen LogP contribution in [0.3, 0.4) is 0 Å². The third-order valence-electron chi connectivity index (χ3n) is 3.58. The Morgan fingerprint density at radius 2 is 2.14 bits per heavy atom. The number of halogens is 1. The van der Waals surface area contributed by atoms with Crippen molar-refractivity contribution in [2.45, 2.75) is 12.0 Å². The first kappa shape index (κ1) is 14.0. The number of aromatic nitrogens is 2. The average molecular weight is 294 g/mol. The van der Waals surface area contributed by atoms with Gasteiger partial charge in [0, 0.05) is 13.5 Å². The van der Waals surface area contributed by atoms with E-state index >= 15 is 0 Å². The molecule has 6 nitrogen and oxygen atoms in total. The summed E-state index contributed by atoms with van der Waals surface area (Å²) in [7, 11) is 3.07. The summed E-state index contributed by atoms with van der Waals surface area (Å²) in [5.41, 5.74) is -0.326. The number of hydrogen-bond donors (Lipinski definition) is 0. The van der Waals surface area contributed by atoms with Crippen LogP contribution in [0.1, 0.15) is 12.3 Å². The standard InChI is InChI=1S/C14H15FN2O4/c1-18-11-4-3-9(15)7-10(11)12-16-17-13(21-12)14(19-2)5-6-20-8-14/h3-4,7H,5-6,8H2,1-2H3.